The van der Waals surface area contributed by atoms with E-state index in [0.29, 0.717) is 6.61 Å². The van der Waals surface area contributed by atoms with Crippen molar-refractivity contribution in [1.29, 1.82) is 0 Å². The number of aliphatic carboxylic acids is 2. The molecule has 0 aromatic carbocycles. The van der Waals surface area contributed by atoms with Gasteiger partial charge in [0, 0.05) is 6.61 Å². The van der Waals surface area contributed by atoms with E-state index in [4.69, 9.17) is 24.9 Å². The molecule has 0 aromatic rings. The van der Waals surface area contributed by atoms with E-state index < -0.39 is 11.9 Å². The Morgan fingerprint density at radius 1 is 1.25 bits per heavy atom. The van der Waals surface area contributed by atoms with Crippen LogP contribution in [0.1, 0.15) is 19.8 Å². The van der Waals surface area contributed by atoms with Crippen LogP contribution in [-0.2, 0) is 32.0 Å². The molecular formula is C6H10AgO5. The van der Waals surface area contributed by atoms with E-state index in [1.807, 2.05) is 0 Å². The molecule has 1 radical (unpaired) electrons. The van der Waals surface area contributed by atoms with Crippen molar-refractivity contribution in [2.24, 2.45) is 0 Å². The fourth-order valence-electron chi connectivity index (χ4n) is 0.158. The van der Waals surface area contributed by atoms with Crippen molar-refractivity contribution < 1.29 is 47.3 Å². The summed E-state index contributed by atoms with van der Waals surface area (Å²) in [4.78, 5) is 17.9. The summed E-state index contributed by atoms with van der Waals surface area (Å²) >= 11 is 0. The molecule has 75 valence electrons. The Kier molecular flexibility index (Phi) is 19.5. The Morgan fingerprint density at radius 2 is 1.58 bits per heavy atom. The van der Waals surface area contributed by atoms with Crippen LogP contribution in [-0.4, -0.2) is 23.7 Å². The molecule has 0 fully saturated rings. The minimum atomic E-state index is -2.19. The van der Waals surface area contributed by atoms with Gasteiger partial charge in [-0.15, -0.1) is 0 Å². The minimum absolute atomic E-state index is 0. The van der Waals surface area contributed by atoms with Gasteiger partial charge in [-0.1, -0.05) is 13.3 Å². The predicted molar refractivity (Wildman–Crippen MR) is 32.0 cm³/mol. The molecule has 12 heavy (non-hydrogen) atoms. The first-order chi connectivity index (χ1) is 5.06. The van der Waals surface area contributed by atoms with E-state index >= 15 is 0 Å². The molecule has 0 saturated heterocycles. The quantitative estimate of drug-likeness (QED) is 0.433. The first-order valence-electron chi connectivity index (χ1n) is 3.09. The summed E-state index contributed by atoms with van der Waals surface area (Å²) in [6.07, 6.45) is 2.04. The largest absolute Gasteiger partial charge is 2.00 e. The second-order valence-corrected chi connectivity index (χ2v) is 1.65. The molecule has 0 aliphatic carbocycles. The Labute approximate surface area is 85.9 Å². The van der Waals surface area contributed by atoms with Crippen molar-refractivity contribution in [3.8, 4) is 0 Å². The van der Waals surface area contributed by atoms with E-state index in [1.165, 1.54) is 0 Å². The van der Waals surface area contributed by atoms with E-state index in [-0.39, 0.29) is 22.4 Å². The zero-order valence-corrected chi connectivity index (χ0v) is 7.99. The van der Waals surface area contributed by atoms with Crippen LogP contribution in [0.25, 0.3) is 0 Å². The molecule has 0 rings (SSSR count). The molecule has 0 amide bonds. The number of unbranched alkanes of at least 4 members (excludes halogenated alkanes) is 1. The maximum atomic E-state index is 8.93. The van der Waals surface area contributed by atoms with Gasteiger partial charge in [-0.25, -0.2) is 0 Å². The maximum absolute atomic E-state index is 8.93. The summed E-state index contributed by atoms with van der Waals surface area (Å²) < 4.78 is 0. The zero-order chi connectivity index (χ0) is 9.28. The van der Waals surface area contributed by atoms with Crippen LogP contribution in [0.5, 0.6) is 0 Å². The Bertz CT molecular complexity index is 111. The molecule has 6 heteroatoms. The summed E-state index contributed by atoms with van der Waals surface area (Å²) in [5.74, 6) is -4.37. The number of carbonyl (C=O) groups is 2. The first-order valence-corrected chi connectivity index (χ1v) is 3.09. The van der Waals surface area contributed by atoms with Crippen LogP contribution in [0, 0.1) is 0 Å². The molecular weight excluding hydrogens is 260 g/mol. The van der Waals surface area contributed by atoms with Gasteiger partial charge < -0.3 is 24.9 Å². The number of aliphatic hydroxyl groups excluding tert-OH is 1. The van der Waals surface area contributed by atoms with Gasteiger partial charge in [-0.05, 0) is 6.42 Å². The van der Waals surface area contributed by atoms with Crippen LogP contribution in [0.15, 0.2) is 0 Å². The summed E-state index contributed by atoms with van der Waals surface area (Å²) in [6.45, 7) is 2.40. The molecule has 5 nitrogen and oxygen atoms in total. The zero-order valence-electron chi connectivity index (χ0n) is 6.50. The van der Waals surface area contributed by atoms with E-state index in [2.05, 4.69) is 6.92 Å². The Morgan fingerprint density at radius 3 is 1.58 bits per heavy atom. The van der Waals surface area contributed by atoms with Crippen LogP contribution in [0.2, 0.25) is 0 Å². The van der Waals surface area contributed by atoms with Gasteiger partial charge in [-0.2, -0.15) is 0 Å². The van der Waals surface area contributed by atoms with Crippen molar-refractivity contribution in [2.45, 2.75) is 19.8 Å². The minimum Gasteiger partial charge on any atom is -0.543 e. The van der Waals surface area contributed by atoms with Crippen molar-refractivity contribution >= 4 is 11.9 Å². The number of aliphatic hydroxyl groups is 1. The Hall–Kier alpha value is -0.360. The molecule has 0 atom stereocenters. The van der Waals surface area contributed by atoms with Crippen molar-refractivity contribution in [1.82, 2.24) is 0 Å². The third-order valence-electron chi connectivity index (χ3n) is 0.678. The normalized spacial score (nSPS) is 7.17. The van der Waals surface area contributed by atoms with Crippen molar-refractivity contribution in [2.75, 3.05) is 6.61 Å². The third-order valence-corrected chi connectivity index (χ3v) is 0.678. The summed E-state index contributed by atoms with van der Waals surface area (Å²) in [6, 6.07) is 0. The smallest absolute Gasteiger partial charge is 0.543 e. The SMILES string of the molecule is CCCCO.O=C([O-])C(=O)[O-].[Ag+2]. The standard InChI is InChI=1S/C4H10O.C2H2O4.Ag/c1-2-3-4-5;3-1(4)2(5)6;/h5H,2-4H2,1H3;(H,3,4)(H,5,6);/q;;+2/p-2. The number of carbonyl (C=O) groups excluding carboxylic acids is 2. The maximum Gasteiger partial charge on any atom is 2.00 e. The number of carboxylic acids is 2. The average molecular weight is 270 g/mol. The Balaban J connectivity index is -0.000000126. The average Bonchev–Trinajstić information content (AvgIpc) is 1.90. The number of hydrogen-bond acceptors (Lipinski definition) is 5. The third kappa shape index (κ3) is 22.6. The molecule has 0 bridgehead atoms. The monoisotopic (exact) mass is 269 g/mol. The molecule has 0 heterocycles. The van der Waals surface area contributed by atoms with Crippen LogP contribution < -0.4 is 10.2 Å². The summed E-state index contributed by atoms with van der Waals surface area (Å²) in [7, 11) is 0. The van der Waals surface area contributed by atoms with Crippen LogP contribution >= 0.6 is 0 Å². The predicted octanol–water partition coefficient (Wildman–Crippen LogP) is -2.74. The fourth-order valence-corrected chi connectivity index (χ4v) is 0.158. The molecule has 0 spiro atoms. The van der Waals surface area contributed by atoms with Gasteiger partial charge in [0.2, 0.25) is 0 Å². The van der Waals surface area contributed by atoms with Crippen molar-refractivity contribution in [3.63, 3.8) is 0 Å². The molecule has 1 N–H and O–H groups in total. The van der Waals surface area contributed by atoms with Gasteiger partial charge in [0.1, 0.15) is 0 Å². The van der Waals surface area contributed by atoms with E-state index in [0.717, 1.165) is 12.8 Å². The summed E-state index contributed by atoms with van der Waals surface area (Å²) in [5.41, 5.74) is 0. The topological polar surface area (TPSA) is 100 Å². The number of rotatable bonds is 2. The van der Waals surface area contributed by atoms with E-state index in [1.54, 1.807) is 0 Å². The summed E-state index contributed by atoms with van der Waals surface area (Å²) in [5, 5.41) is 25.9. The molecule has 0 saturated carbocycles. The molecule has 0 unspecified atom stereocenters. The van der Waals surface area contributed by atoms with Crippen molar-refractivity contribution in [3.05, 3.63) is 0 Å². The second-order valence-electron chi connectivity index (χ2n) is 1.65. The second kappa shape index (κ2) is 13.2. The van der Waals surface area contributed by atoms with Crippen LogP contribution in [0.4, 0.5) is 0 Å². The van der Waals surface area contributed by atoms with Gasteiger partial charge >= 0.3 is 22.4 Å². The van der Waals surface area contributed by atoms with Gasteiger partial charge in [0.25, 0.3) is 0 Å². The van der Waals surface area contributed by atoms with Gasteiger partial charge in [0.15, 0.2) is 0 Å². The number of hydrogen-bond donors (Lipinski definition) is 1. The number of carboxylic acid groups (broad SMARTS) is 2. The van der Waals surface area contributed by atoms with Gasteiger partial charge in [-0.3, -0.25) is 0 Å². The van der Waals surface area contributed by atoms with Gasteiger partial charge in [0.05, 0.1) is 11.9 Å². The fraction of sp³-hybridized carbons (Fsp3) is 0.667. The van der Waals surface area contributed by atoms with E-state index in [9.17, 15) is 0 Å². The molecule has 0 aromatic heterocycles. The van der Waals surface area contributed by atoms with Crippen LogP contribution in [0.3, 0.4) is 0 Å². The first kappa shape index (κ1) is 17.7. The molecule has 0 aliphatic heterocycles. The molecule has 0 aliphatic rings.